The van der Waals surface area contributed by atoms with Crippen molar-refractivity contribution in [3.8, 4) is 0 Å². The third-order valence-corrected chi connectivity index (χ3v) is 4.17. The lowest BCUT2D eigenvalue weighted by Gasteiger charge is -2.13. The Morgan fingerprint density at radius 2 is 1.89 bits per heavy atom. The van der Waals surface area contributed by atoms with Gasteiger partial charge in [-0.05, 0) is 18.0 Å². The predicted octanol–water partition coefficient (Wildman–Crippen LogP) is 3.82. The summed E-state index contributed by atoms with van der Waals surface area (Å²) >= 11 is 0. The standard InChI is InChI=1S/C15H22O2Si/c1-18(2,3)11-7-10-14(15(16)17)12-13-8-5-4-6-9-13/h4-10,14H,11-12H2,1-3H3,(H,16,17)/t14-/m0/s1. The second-order valence-corrected chi connectivity index (χ2v) is 11.4. The fourth-order valence-electron chi connectivity index (χ4n) is 1.69. The highest BCUT2D eigenvalue weighted by molar-refractivity contribution is 6.76. The molecule has 0 aliphatic heterocycles. The number of carboxylic acids is 1. The van der Waals surface area contributed by atoms with E-state index in [9.17, 15) is 9.90 Å². The molecule has 0 radical (unpaired) electrons. The van der Waals surface area contributed by atoms with Gasteiger partial charge in [0.25, 0.3) is 0 Å². The molecule has 1 aromatic rings. The molecular weight excluding hydrogens is 240 g/mol. The average Bonchev–Trinajstić information content (AvgIpc) is 2.27. The molecule has 3 heteroatoms. The Morgan fingerprint density at radius 1 is 1.28 bits per heavy atom. The number of carboxylic acid groups (broad SMARTS) is 1. The van der Waals surface area contributed by atoms with Gasteiger partial charge in [0.05, 0.1) is 5.92 Å². The normalized spacial score (nSPS) is 13.7. The molecule has 0 saturated heterocycles. The van der Waals surface area contributed by atoms with Crippen LogP contribution in [0.15, 0.2) is 42.5 Å². The zero-order valence-corrected chi connectivity index (χ0v) is 12.4. The first-order valence-electron chi connectivity index (χ1n) is 6.32. The van der Waals surface area contributed by atoms with Gasteiger partial charge in [-0.3, -0.25) is 4.79 Å². The maximum atomic E-state index is 11.2. The Bertz CT molecular complexity index is 404. The van der Waals surface area contributed by atoms with Crippen LogP contribution >= 0.6 is 0 Å². The summed E-state index contributed by atoms with van der Waals surface area (Å²) in [7, 11) is -1.13. The molecule has 0 aliphatic rings. The predicted molar refractivity (Wildman–Crippen MR) is 78.6 cm³/mol. The van der Waals surface area contributed by atoms with Crippen molar-refractivity contribution in [2.24, 2.45) is 5.92 Å². The Labute approximate surface area is 110 Å². The Kier molecular flexibility index (Phi) is 5.35. The van der Waals surface area contributed by atoms with Crippen molar-refractivity contribution in [3.05, 3.63) is 48.0 Å². The molecule has 98 valence electrons. The molecule has 0 aliphatic carbocycles. The number of allylic oxidation sites excluding steroid dienone is 1. The monoisotopic (exact) mass is 262 g/mol. The van der Waals surface area contributed by atoms with Crippen LogP contribution in [0.3, 0.4) is 0 Å². The van der Waals surface area contributed by atoms with Gasteiger partial charge in [0.15, 0.2) is 0 Å². The van der Waals surface area contributed by atoms with Crippen molar-refractivity contribution in [3.63, 3.8) is 0 Å². The van der Waals surface area contributed by atoms with E-state index >= 15 is 0 Å². The maximum absolute atomic E-state index is 11.2. The Hall–Kier alpha value is -1.35. The molecule has 18 heavy (non-hydrogen) atoms. The summed E-state index contributed by atoms with van der Waals surface area (Å²) in [6.07, 6.45) is 4.47. The molecule has 0 heterocycles. The second kappa shape index (κ2) is 6.54. The third-order valence-electron chi connectivity index (χ3n) is 2.71. The first kappa shape index (κ1) is 14.7. The lowest BCUT2D eigenvalue weighted by Crippen LogP contribution is -2.18. The smallest absolute Gasteiger partial charge is 0.310 e. The summed E-state index contributed by atoms with van der Waals surface area (Å²) in [5.41, 5.74) is 1.07. The van der Waals surface area contributed by atoms with Gasteiger partial charge in [-0.25, -0.2) is 0 Å². The molecule has 1 rings (SSSR count). The van der Waals surface area contributed by atoms with E-state index in [1.54, 1.807) is 0 Å². The summed E-state index contributed by atoms with van der Waals surface area (Å²) in [6, 6.07) is 10.8. The minimum Gasteiger partial charge on any atom is -0.481 e. The number of hydrogen-bond acceptors (Lipinski definition) is 1. The molecule has 0 unspecified atom stereocenters. The summed E-state index contributed by atoms with van der Waals surface area (Å²) in [5.74, 6) is -1.16. The van der Waals surface area contributed by atoms with E-state index in [-0.39, 0.29) is 0 Å². The minimum atomic E-state index is -1.13. The van der Waals surface area contributed by atoms with E-state index in [0.717, 1.165) is 11.6 Å². The maximum Gasteiger partial charge on any atom is 0.310 e. The van der Waals surface area contributed by atoms with Crippen LogP contribution in [0.25, 0.3) is 0 Å². The highest BCUT2D eigenvalue weighted by Crippen LogP contribution is 2.14. The SMILES string of the molecule is C[Si](C)(C)CC=C[C@@H](Cc1ccccc1)C(=O)O. The molecule has 0 spiro atoms. The number of hydrogen-bond donors (Lipinski definition) is 1. The van der Waals surface area contributed by atoms with E-state index in [1.165, 1.54) is 0 Å². The van der Waals surface area contributed by atoms with Gasteiger partial charge in [-0.15, -0.1) is 0 Å². The van der Waals surface area contributed by atoms with Gasteiger partial charge < -0.3 is 5.11 Å². The van der Waals surface area contributed by atoms with Crippen LogP contribution in [0, 0.1) is 5.92 Å². The van der Waals surface area contributed by atoms with Crippen molar-refractivity contribution < 1.29 is 9.90 Å². The third kappa shape index (κ3) is 5.82. The highest BCUT2D eigenvalue weighted by Gasteiger charge is 2.15. The van der Waals surface area contributed by atoms with E-state index in [4.69, 9.17) is 0 Å². The van der Waals surface area contributed by atoms with Crippen LogP contribution in [0.2, 0.25) is 25.7 Å². The Morgan fingerprint density at radius 3 is 2.39 bits per heavy atom. The van der Waals surface area contributed by atoms with E-state index in [0.29, 0.717) is 6.42 Å². The van der Waals surface area contributed by atoms with Gasteiger partial charge >= 0.3 is 5.97 Å². The lowest BCUT2D eigenvalue weighted by molar-refractivity contribution is -0.140. The molecular formula is C15H22O2Si. The number of carbonyl (C=O) groups is 1. The van der Waals surface area contributed by atoms with Crippen LogP contribution in [-0.4, -0.2) is 19.1 Å². The summed E-state index contributed by atoms with van der Waals surface area (Å²) in [5, 5.41) is 9.22. The number of rotatable bonds is 6. The van der Waals surface area contributed by atoms with Gasteiger partial charge in [-0.2, -0.15) is 0 Å². The van der Waals surface area contributed by atoms with Gasteiger partial charge in [0.2, 0.25) is 0 Å². The average molecular weight is 262 g/mol. The van der Waals surface area contributed by atoms with Crippen molar-refractivity contribution in [1.29, 1.82) is 0 Å². The highest BCUT2D eigenvalue weighted by atomic mass is 28.3. The second-order valence-electron chi connectivity index (χ2n) is 5.83. The first-order valence-corrected chi connectivity index (χ1v) is 10.0. The molecule has 0 saturated carbocycles. The largest absolute Gasteiger partial charge is 0.481 e. The van der Waals surface area contributed by atoms with Gasteiger partial charge in [0.1, 0.15) is 0 Å². The molecule has 0 amide bonds. The Balaban J connectivity index is 2.64. The summed E-state index contributed by atoms with van der Waals surface area (Å²) < 4.78 is 0. The molecule has 0 bridgehead atoms. The molecule has 1 aromatic carbocycles. The molecule has 1 atom stereocenters. The minimum absolute atomic E-state index is 0.413. The zero-order valence-electron chi connectivity index (χ0n) is 11.4. The van der Waals surface area contributed by atoms with Gasteiger partial charge in [-0.1, -0.05) is 62.1 Å². The molecule has 0 aromatic heterocycles. The van der Waals surface area contributed by atoms with Gasteiger partial charge in [0, 0.05) is 8.07 Å². The van der Waals surface area contributed by atoms with Crippen molar-refractivity contribution in [2.45, 2.75) is 32.1 Å². The van der Waals surface area contributed by atoms with Crippen molar-refractivity contribution >= 4 is 14.0 Å². The van der Waals surface area contributed by atoms with E-state index in [1.807, 2.05) is 42.5 Å². The van der Waals surface area contributed by atoms with Crippen LogP contribution in [0.1, 0.15) is 5.56 Å². The number of aliphatic carboxylic acids is 1. The van der Waals surface area contributed by atoms with E-state index in [2.05, 4.69) is 19.6 Å². The summed E-state index contributed by atoms with van der Waals surface area (Å²) in [6.45, 7) is 6.85. The lowest BCUT2D eigenvalue weighted by atomic mass is 9.99. The molecule has 2 nitrogen and oxygen atoms in total. The fourth-order valence-corrected chi connectivity index (χ4v) is 2.53. The zero-order chi connectivity index (χ0) is 13.6. The first-order chi connectivity index (χ1) is 8.38. The van der Waals surface area contributed by atoms with Crippen LogP contribution < -0.4 is 0 Å². The van der Waals surface area contributed by atoms with Crippen LogP contribution in [0.4, 0.5) is 0 Å². The quantitative estimate of drug-likeness (QED) is 0.625. The van der Waals surface area contributed by atoms with Crippen molar-refractivity contribution in [2.75, 3.05) is 0 Å². The summed E-state index contributed by atoms with van der Waals surface area (Å²) in [4.78, 5) is 11.2. The molecule has 1 N–H and O–H groups in total. The number of benzene rings is 1. The van der Waals surface area contributed by atoms with Crippen LogP contribution in [-0.2, 0) is 11.2 Å². The van der Waals surface area contributed by atoms with Crippen molar-refractivity contribution in [1.82, 2.24) is 0 Å². The molecule has 0 fully saturated rings. The van der Waals surface area contributed by atoms with Crippen LogP contribution in [0.5, 0.6) is 0 Å². The van der Waals surface area contributed by atoms with E-state index < -0.39 is 20.0 Å². The fraction of sp³-hybridized carbons (Fsp3) is 0.400. The topological polar surface area (TPSA) is 37.3 Å².